The lowest BCUT2D eigenvalue weighted by Crippen LogP contribution is -2.52. The number of nitrogens with one attached hydrogen (secondary N) is 1. The summed E-state index contributed by atoms with van der Waals surface area (Å²) in [6.45, 7) is 5.00. The summed E-state index contributed by atoms with van der Waals surface area (Å²) < 4.78 is 29.1. The van der Waals surface area contributed by atoms with Crippen molar-refractivity contribution in [2.45, 2.75) is 70.0 Å². The second-order valence-electron chi connectivity index (χ2n) is 10.4. The Morgan fingerprint density at radius 1 is 0.975 bits per heavy atom. The van der Waals surface area contributed by atoms with Crippen molar-refractivity contribution >= 4 is 39.1 Å². The van der Waals surface area contributed by atoms with Crippen molar-refractivity contribution in [1.29, 1.82) is 0 Å². The number of anilines is 1. The van der Waals surface area contributed by atoms with Crippen LogP contribution in [0.5, 0.6) is 0 Å². The van der Waals surface area contributed by atoms with Crippen molar-refractivity contribution in [3.63, 3.8) is 0 Å². The lowest BCUT2D eigenvalue weighted by molar-refractivity contribution is -0.139. The summed E-state index contributed by atoms with van der Waals surface area (Å²) in [4.78, 5) is 28.9. The molecule has 3 aromatic rings. The Bertz CT molecular complexity index is 1440. The highest BCUT2D eigenvalue weighted by molar-refractivity contribution is 7.92. The number of carbonyl (C=O) groups excluding carboxylic acids is 2. The Hall–Kier alpha value is -3.36. The number of sulfonamides is 1. The molecule has 9 heteroatoms. The van der Waals surface area contributed by atoms with Crippen LogP contribution < -0.4 is 9.62 Å². The van der Waals surface area contributed by atoms with Crippen molar-refractivity contribution in [3.8, 4) is 0 Å². The number of carbonyl (C=O) groups is 2. The number of amides is 2. The third kappa shape index (κ3) is 7.04. The van der Waals surface area contributed by atoms with Crippen molar-refractivity contribution in [2.75, 3.05) is 10.8 Å². The molecule has 1 aliphatic carbocycles. The Balaban J connectivity index is 1.70. The quantitative estimate of drug-likeness (QED) is 0.336. The molecule has 1 atom stereocenters. The number of hydrogen-bond donors (Lipinski definition) is 1. The van der Waals surface area contributed by atoms with Crippen molar-refractivity contribution in [2.24, 2.45) is 0 Å². The van der Waals surface area contributed by atoms with Crippen LogP contribution in [0.4, 0.5) is 5.69 Å². The summed E-state index contributed by atoms with van der Waals surface area (Å²) in [5.41, 5.74) is 2.71. The second kappa shape index (κ2) is 12.9. The molecule has 1 fully saturated rings. The molecule has 212 valence electrons. The summed E-state index contributed by atoms with van der Waals surface area (Å²) >= 11 is 6.18. The Kier molecular flexibility index (Phi) is 9.53. The van der Waals surface area contributed by atoms with Gasteiger partial charge >= 0.3 is 0 Å². The number of hydrogen-bond acceptors (Lipinski definition) is 4. The van der Waals surface area contributed by atoms with E-state index in [2.05, 4.69) is 5.32 Å². The smallest absolute Gasteiger partial charge is 0.264 e. The lowest BCUT2D eigenvalue weighted by atomic mass is 10.1. The van der Waals surface area contributed by atoms with Crippen molar-refractivity contribution < 1.29 is 18.0 Å². The third-order valence-corrected chi connectivity index (χ3v) is 9.39. The van der Waals surface area contributed by atoms with Crippen LogP contribution in [0.25, 0.3) is 0 Å². The Morgan fingerprint density at radius 3 is 2.25 bits per heavy atom. The summed E-state index contributed by atoms with van der Waals surface area (Å²) in [6.07, 6.45) is 3.98. The fourth-order valence-electron chi connectivity index (χ4n) is 5.00. The highest BCUT2D eigenvalue weighted by Gasteiger charge is 2.33. The lowest BCUT2D eigenvalue weighted by Gasteiger charge is -2.33. The van der Waals surface area contributed by atoms with Gasteiger partial charge in [-0.25, -0.2) is 8.42 Å². The summed E-state index contributed by atoms with van der Waals surface area (Å²) in [5.74, 6) is -0.727. The number of halogens is 1. The highest BCUT2D eigenvalue weighted by atomic mass is 35.5. The van der Waals surface area contributed by atoms with Gasteiger partial charge in [-0.1, -0.05) is 72.5 Å². The first-order chi connectivity index (χ1) is 19.1. The molecule has 2 amide bonds. The van der Waals surface area contributed by atoms with E-state index < -0.39 is 28.5 Å². The van der Waals surface area contributed by atoms with Gasteiger partial charge in [0.2, 0.25) is 11.8 Å². The summed E-state index contributed by atoms with van der Waals surface area (Å²) in [6, 6.07) is 20.1. The fourth-order valence-corrected chi connectivity index (χ4v) is 6.71. The number of nitrogens with zero attached hydrogens (tertiary/aromatic N) is 2. The van der Waals surface area contributed by atoms with Crippen LogP contribution in [0.2, 0.25) is 5.02 Å². The second-order valence-corrected chi connectivity index (χ2v) is 12.7. The number of benzene rings is 3. The predicted molar refractivity (Wildman–Crippen MR) is 159 cm³/mol. The molecule has 7 nitrogen and oxygen atoms in total. The SMILES string of the molecule is Cc1ccc(S(=O)(=O)N(CC(=O)N(Cc2ccccc2)[C@H](C)C(=O)NC2CCCC2)c2ccc(Cl)cc2C)cc1. The number of aryl methyl sites for hydroxylation is 2. The van der Waals surface area contributed by atoms with Crippen molar-refractivity contribution in [1.82, 2.24) is 10.2 Å². The largest absolute Gasteiger partial charge is 0.352 e. The van der Waals surface area contributed by atoms with Gasteiger partial charge < -0.3 is 10.2 Å². The fraction of sp³-hybridized carbons (Fsp3) is 0.355. The number of rotatable bonds is 10. The monoisotopic (exact) mass is 581 g/mol. The molecule has 0 aromatic heterocycles. The molecule has 0 heterocycles. The zero-order valence-corrected chi connectivity index (χ0v) is 24.7. The first-order valence-corrected chi connectivity index (χ1v) is 15.4. The first-order valence-electron chi connectivity index (χ1n) is 13.6. The average Bonchev–Trinajstić information content (AvgIpc) is 3.44. The maximum absolute atomic E-state index is 14.0. The topological polar surface area (TPSA) is 86.8 Å². The maximum Gasteiger partial charge on any atom is 0.264 e. The van der Waals surface area contributed by atoms with Gasteiger partial charge in [0.15, 0.2) is 0 Å². The van der Waals surface area contributed by atoms with Crippen LogP contribution in [-0.2, 0) is 26.2 Å². The minimum Gasteiger partial charge on any atom is -0.352 e. The van der Waals surface area contributed by atoms with E-state index in [0.29, 0.717) is 16.3 Å². The molecule has 0 saturated heterocycles. The van der Waals surface area contributed by atoms with Gasteiger partial charge in [-0.05, 0) is 75.1 Å². The van der Waals surface area contributed by atoms with Crippen LogP contribution in [0.15, 0.2) is 77.7 Å². The van der Waals surface area contributed by atoms with E-state index in [1.54, 1.807) is 44.2 Å². The molecule has 4 rings (SSSR count). The molecule has 3 aromatic carbocycles. The first kappa shape index (κ1) is 29.6. The normalized spacial score (nSPS) is 14.5. The predicted octanol–water partition coefficient (Wildman–Crippen LogP) is 5.63. The van der Waals surface area contributed by atoms with Gasteiger partial charge in [0.25, 0.3) is 10.0 Å². The van der Waals surface area contributed by atoms with Crippen LogP contribution in [0, 0.1) is 13.8 Å². The maximum atomic E-state index is 14.0. The van der Waals surface area contributed by atoms with E-state index in [1.165, 1.54) is 17.0 Å². The van der Waals surface area contributed by atoms with Gasteiger partial charge in [-0.3, -0.25) is 13.9 Å². The molecule has 0 unspecified atom stereocenters. The van der Waals surface area contributed by atoms with Gasteiger partial charge in [-0.2, -0.15) is 0 Å². The van der Waals surface area contributed by atoms with E-state index in [0.717, 1.165) is 41.1 Å². The molecular weight excluding hydrogens is 546 g/mol. The molecule has 0 radical (unpaired) electrons. The minimum atomic E-state index is -4.13. The van der Waals surface area contributed by atoms with E-state index in [-0.39, 0.29) is 23.4 Å². The highest BCUT2D eigenvalue weighted by Crippen LogP contribution is 2.29. The van der Waals surface area contributed by atoms with Crippen LogP contribution in [0.1, 0.15) is 49.3 Å². The Labute approximate surface area is 242 Å². The molecule has 1 N–H and O–H groups in total. The molecular formula is C31H36ClN3O4S. The minimum absolute atomic E-state index is 0.0712. The molecule has 0 aliphatic heterocycles. The zero-order valence-electron chi connectivity index (χ0n) is 23.1. The average molecular weight is 582 g/mol. The van der Waals surface area contributed by atoms with Crippen LogP contribution >= 0.6 is 11.6 Å². The molecule has 0 bridgehead atoms. The summed E-state index contributed by atoms with van der Waals surface area (Å²) in [5, 5.41) is 3.54. The van der Waals surface area contributed by atoms with E-state index >= 15 is 0 Å². The standard InChI is InChI=1S/C31H36ClN3O4S/c1-22-13-16-28(17-14-22)40(38,39)35(29-18-15-26(32)19-23(29)2)21-30(36)34(20-25-9-5-4-6-10-25)24(3)31(37)33-27-11-7-8-12-27/h4-6,9-10,13-19,24,27H,7-8,11-12,20-21H2,1-3H3,(H,33,37)/t24-/m1/s1. The van der Waals surface area contributed by atoms with Gasteiger partial charge in [0.1, 0.15) is 12.6 Å². The van der Waals surface area contributed by atoms with E-state index in [1.807, 2.05) is 37.3 Å². The van der Waals surface area contributed by atoms with Gasteiger partial charge in [-0.15, -0.1) is 0 Å². The summed E-state index contributed by atoms with van der Waals surface area (Å²) in [7, 11) is -4.13. The Morgan fingerprint density at radius 2 is 1.62 bits per heavy atom. The van der Waals surface area contributed by atoms with E-state index in [4.69, 9.17) is 11.6 Å². The van der Waals surface area contributed by atoms with E-state index in [9.17, 15) is 18.0 Å². The molecule has 40 heavy (non-hydrogen) atoms. The van der Waals surface area contributed by atoms with Crippen LogP contribution in [0.3, 0.4) is 0 Å². The third-order valence-electron chi connectivity index (χ3n) is 7.38. The molecule has 1 aliphatic rings. The van der Waals surface area contributed by atoms with Gasteiger partial charge in [0, 0.05) is 17.6 Å². The van der Waals surface area contributed by atoms with Crippen molar-refractivity contribution in [3.05, 3.63) is 94.5 Å². The molecule has 0 spiro atoms. The van der Waals surface area contributed by atoms with Crippen LogP contribution in [-0.4, -0.2) is 43.8 Å². The molecule has 1 saturated carbocycles. The van der Waals surface area contributed by atoms with Gasteiger partial charge in [0.05, 0.1) is 10.6 Å². The zero-order chi connectivity index (χ0) is 28.9.